The number of halogens is 2. The Morgan fingerprint density at radius 2 is 2.25 bits per heavy atom. The monoisotopic (exact) mass is 303 g/mol. The van der Waals surface area contributed by atoms with Gasteiger partial charge in [-0.05, 0) is 31.9 Å². The van der Waals surface area contributed by atoms with Crippen molar-refractivity contribution < 1.29 is 5.11 Å². The highest BCUT2D eigenvalue weighted by molar-refractivity contribution is 9.10. The molecular weight excluding hydrogens is 289 g/mol. The maximum absolute atomic E-state index is 10.4. The average Bonchev–Trinajstić information content (AvgIpc) is 2.97. The number of rotatable bonds is 4. The lowest BCUT2D eigenvalue weighted by Crippen LogP contribution is -2.36. The molecule has 0 aromatic heterocycles. The molecule has 4 heteroatoms. The summed E-state index contributed by atoms with van der Waals surface area (Å²) < 4.78 is 0.923. The second-order valence-electron chi connectivity index (χ2n) is 4.55. The fourth-order valence-electron chi connectivity index (χ4n) is 1.65. The van der Waals surface area contributed by atoms with E-state index in [0.29, 0.717) is 17.6 Å². The molecule has 2 rings (SSSR count). The van der Waals surface area contributed by atoms with Crippen molar-refractivity contribution in [2.24, 2.45) is 0 Å². The van der Waals surface area contributed by atoms with Crippen LogP contribution in [0.2, 0.25) is 5.02 Å². The summed E-state index contributed by atoms with van der Waals surface area (Å²) in [5.41, 5.74) is -0.147. The number of hydrogen-bond donors (Lipinski definition) is 2. The molecule has 1 fully saturated rings. The zero-order valence-corrected chi connectivity index (χ0v) is 11.5. The molecule has 0 aliphatic heterocycles. The summed E-state index contributed by atoms with van der Waals surface area (Å²) in [5, 5.41) is 14.3. The van der Waals surface area contributed by atoms with Crippen molar-refractivity contribution >= 4 is 27.5 Å². The fraction of sp³-hybridized carbons (Fsp3) is 0.500. The van der Waals surface area contributed by atoms with Crippen LogP contribution < -0.4 is 5.32 Å². The highest BCUT2D eigenvalue weighted by atomic mass is 79.9. The van der Waals surface area contributed by atoms with E-state index in [1.807, 2.05) is 18.2 Å². The first-order valence-electron chi connectivity index (χ1n) is 5.40. The van der Waals surface area contributed by atoms with Crippen molar-refractivity contribution in [3.8, 4) is 0 Å². The van der Waals surface area contributed by atoms with Crippen LogP contribution in [0.5, 0.6) is 0 Å². The Labute approximate surface area is 109 Å². The summed E-state index contributed by atoms with van der Waals surface area (Å²) in [4.78, 5) is 0. The van der Waals surface area contributed by atoms with E-state index in [4.69, 9.17) is 11.6 Å². The Kier molecular flexibility index (Phi) is 3.59. The Hall–Kier alpha value is -0.0900. The first-order chi connectivity index (χ1) is 7.49. The Morgan fingerprint density at radius 3 is 2.81 bits per heavy atom. The van der Waals surface area contributed by atoms with E-state index in [9.17, 15) is 5.11 Å². The van der Waals surface area contributed by atoms with Gasteiger partial charge in [-0.15, -0.1) is 0 Å². The van der Waals surface area contributed by atoms with Crippen LogP contribution in [-0.4, -0.2) is 17.7 Å². The molecular formula is C12H15BrClNO. The smallest absolute Gasteiger partial charge is 0.101 e. The normalized spacial score (nSPS) is 19.5. The Bertz CT molecular complexity index is 391. The van der Waals surface area contributed by atoms with E-state index >= 15 is 0 Å². The Morgan fingerprint density at radius 1 is 1.56 bits per heavy atom. The largest absolute Gasteiger partial charge is 0.384 e. The zero-order valence-electron chi connectivity index (χ0n) is 9.13. The van der Waals surface area contributed by atoms with Crippen LogP contribution in [-0.2, 0) is 5.60 Å². The molecule has 16 heavy (non-hydrogen) atoms. The van der Waals surface area contributed by atoms with E-state index in [1.54, 1.807) is 6.92 Å². The van der Waals surface area contributed by atoms with Gasteiger partial charge in [-0.1, -0.05) is 33.6 Å². The van der Waals surface area contributed by atoms with Gasteiger partial charge in [0.25, 0.3) is 0 Å². The van der Waals surface area contributed by atoms with Gasteiger partial charge < -0.3 is 10.4 Å². The van der Waals surface area contributed by atoms with E-state index in [2.05, 4.69) is 21.2 Å². The molecule has 2 N–H and O–H groups in total. The minimum atomic E-state index is -0.916. The number of benzene rings is 1. The van der Waals surface area contributed by atoms with Gasteiger partial charge >= 0.3 is 0 Å². The second-order valence-corrected chi connectivity index (χ2v) is 5.88. The first-order valence-corrected chi connectivity index (χ1v) is 6.57. The molecule has 1 aliphatic rings. The van der Waals surface area contributed by atoms with Crippen LogP contribution in [0.1, 0.15) is 25.3 Å². The minimum absolute atomic E-state index is 0.541. The minimum Gasteiger partial charge on any atom is -0.384 e. The summed E-state index contributed by atoms with van der Waals surface area (Å²) in [6.07, 6.45) is 2.42. The van der Waals surface area contributed by atoms with Crippen LogP contribution in [0.15, 0.2) is 22.7 Å². The van der Waals surface area contributed by atoms with Crippen LogP contribution in [0.3, 0.4) is 0 Å². The fourth-order valence-corrected chi connectivity index (χ4v) is 2.53. The van der Waals surface area contributed by atoms with Crippen LogP contribution in [0.25, 0.3) is 0 Å². The van der Waals surface area contributed by atoms with Gasteiger partial charge in [0.05, 0.1) is 0 Å². The van der Waals surface area contributed by atoms with Crippen molar-refractivity contribution in [2.75, 3.05) is 6.54 Å². The lowest BCUT2D eigenvalue weighted by molar-refractivity contribution is 0.0567. The molecule has 0 heterocycles. The molecule has 1 aliphatic carbocycles. The molecule has 0 amide bonds. The van der Waals surface area contributed by atoms with Gasteiger partial charge in [0.15, 0.2) is 0 Å². The maximum atomic E-state index is 10.4. The Balaban J connectivity index is 2.12. The van der Waals surface area contributed by atoms with Crippen molar-refractivity contribution in [2.45, 2.75) is 31.4 Å². The van der Waals surface area contributed by atoms with E-state index in [-0.39, 0.29) is 0 Å². The van der Waals surface area contributed by atoms with Gasteiger partial charge in [-0.25, -0.2) is 0 Å². The summed E-state index contributed by atoms with van der Waals surface area (Å²) in [6, 6.07) is 6.15. The third-order valence-corrected chi connectivity index (χ3v) is 3.63. The van der Waals surface area contributed by atoms with Gasteiger partial charge in [0.2, 0.25) is 0 Å². The second kappa shape index (κ2) is 4.65. The molecule has 1 unspecified atom stereocenters. The third kappa shape index (κ3) is 2.98. The van der Waals surface area contributed by atoms with Crippen LogP contribution in [0, 0.1) is 0 Å². The van der Waals surface area contributed by atoms with E-state index in [0.717, 1.165) is 10.0 Å². The average molecular weight is 305 g/mol. The lowest BCUT2D eigenvalue weighted by Gasteiger charge is -2.25. The summed E-state index contributed by atoms with van der Waals surface area (Å²) in [6.45, 7) is 2.33. The highest BCUT2D eigenvalue weighted by Crippen LogP contribution is 2.31. The maximum Gasteiger partial charge on any atom is 0.101 e. The molecule has 1 aromatic rings. The third-order valence-electron chi connectivity index (χ3n) is 2.82. The van der Waals surface area contributed by atoms with Crippen molar-refractivity contribution in [1.82, 2.24) is 5.32 Å². The number of hydrogen-bond acceptors (Lipinski definition) is 2. The highest BCUT2D eigenvalue weighted by Gasteiger charge is 2.29. The molecule has 0 radical (unpaired) electrons. The molecule has 1 saturated carbocycles. The number of nitrogens with one attached hydrogen (secondary N) is 1. The first kappa shape index (κ1) is 12.4. The van der Waals surface area contributed by atoms with Gasteiger partial charge in [0, 0.05) is 27.6 Å². The van der Waals surface area contributed by atoms with Gasteiger partial charge in [-0.2, -0.15) is 0 Å². The predicted molar refractivity (Wildman–Crippen MR) is 69.7 cm³/mol. The van der Waals surface area contributed by atoms with Crippen molar-refractivity contribution in [3.05, 3.63) is 33.3 Å². The van der Waals surface area contributed by atoms with Gasteiger partial charge in [-0.3, -0.25) is 0 Å². The standard InChI is InChI=1S/C12H15BrClNO/c1-12(16,7-15-9-3-4-9)10-5-2-8(13)6-11(10)14/h2,5-6,9,15-16H,3-4,7H2,1H3. The van der Waals surface area contributed by atoms with Crippen molar-refractivity contribution in [3.63, 3.8) is 0 Å². The molecule has 0 bridgehead atoms. The summed E-state index contributed by atoms with van der Waals surface area (Å²) in [7, 11) is 0. The molecule has 1 aromatic carbocycles. The van der Waals surface area contributed by atoms with E-state index in [1.165, 1.54) is 12.8 Å². The SMILES string of the molecule is CC(O)(CNC1CC1)c1ccc(Br)cc1Cl. The van der Waals surface area contributed by atoms with E-state index < -0.39 is 5.60 Å². The topological polar surface area (TPSA) is 32.3 Å². The summed E-state index contributed by atoms with van der Waals surface area (Å²) in [5.74, 6) is 0. The zero-order chi connectivity index (χ0) is 11.8. The van der Waals surface area contributed by atoms with Gasteiger partial charge in [0.1, 0.15) is 5.60 Å². The van der Waals surface area contributed by atoms with Crippen molar-refractivity contribution in [1.29, 1.82) is 0 Å². The number of aliphatic hydroxyl groups is 1. The molecule has 2 nitrogen and oxygen atoms in total. The quantitative estimate of drug-likeness (QED) is 0.896. The molecule has 1 atom stereocenters. The predicted octanol–water partition coefficient (Wildman–Crippen LogP) is 3.06. The van der Waals surface area contributed by atoms with Crippen LogP contribution >= 0.6 is 27.5 Å². The lowest BCUT2D eigenvalue weighted by atomic mass is 9.96. The molecule has 0 saturated heterocycles. The molecule has 0 spiro atoms. The van der Waals surface area contributed by atoms with Crippen LogP contribution in [0.4, 0.5) is 0 Å². The molecule has 88 valence electrons. The summed E-state index contributed by atoms with van der Waals surface area (Å²) >= 11 is 9.48.